The van der Waals surface area contributed by atoms with Gasteiger partial charge < -0.3 is 15.2 Å². The predicted molar refractivity (Wildman–Crippen MR) is 46.4 cm³/mol. The standard InChI is InChI=1S/C8H15NO4/c1-6(2)3-4-13-8(12)9-5-7(10)11/h6H,3-5H2,1-2H3,(H,9,12)(H,10,11). The number of aliphatic carboxylic acids is 1. The number of carboxylic acids is 1. The lowest BCUT2D eigenvalue weighted by Gasteiger charge is -2.06. The van der Waals surface area contributed by atoms with Gasteiger partial charge in [-0.05, 0) is 12.3 Å². The fourth-order valence-electron chi connectivity index (χ4n) is 0.586. The molecule has 2 N–H and O–H groups in total. The molecule has 0 aliphatic heterocycles. The second-order valence-electron chi connectivity index (χ2n) is 3.07. The molecular weight excluding hydrogens is 174 g/mol. The maximum absolute atomic E-state index is 10.7. The van der Waals surface area contributed by atoms with E-state index in [9.17, 15) is 9.59 Å². The van der Waals surface area contributed by atoms with Crippen LogP contribution in [0.15, 0.2) is 0 Å². The van der Waals surface area contributed by atoms with Crippen LogP contribution in [0.1, 0.15) is 20.3 Å². The van der Waals surface area contributed by atoms with E-state index in [1.54, 1.807) is 0 Å². The van der Waals surface area contributed by atoms with Gasteiger partial charge in [-0.1, -0.05) is 13.8 Å². The van der Waals surface area contributed by atoms with Gasteiger partial charge in [0.15, 0.2) is 0 Å². The molecule has 0 aromatic rings. The number of carboxylic acid groups (broad SMARTS) is 1. The zero-order chi connectivity index (χ0) is 10.3. The minimum atomic E-state index is -1.08. The highest BCUT2D eigenvalue weighted by molar-refractivity contribution is 5.76. The summed E-state index contributed by atoms with van der Waals surface area (Å²) in [4.78, 5) is 20.7. The van der Waals surface area contributed by atoms with Crippen molar-refractivity contribution in [2.24, 2.45) is 5.92 Å². The van der Waals surface area contributed by atoms with E-state index in [4.69, 9.17) is 5.11 Å². The van der Waals surface area contributed by atoms with Crippen LogP contribution in [0, 0.1) is 5.92 Å². The first-order chi connectivity index (χ1) is 6.02. The summed E-state index contributed by atoms with van der Waals surface area (Å²) in [5.41, 5.74) is 0. The molecule has 0 heterocycles. The van der Waals surface area contributed by atoms with Gasteiger partial charge in [0.05, 0.1) is 6.61 Å². The minimum Gasteiger partial charge on any atom is -0.480 e. The molecule has 5 heteroatoms. The highest BCUT2D eigenvalue weighted by Crippen LogP contribution is 1.98. The number of carbonyl (C=O) groups excluding carboxylic acids is 1. The Balaban J connectivity index is 3.36. The highest BCUT2D eigenvalue weighted by Gasteiger charge is 2.04. The summed E-state index contributed by atoms with van der Waals surface area (Å²) in [6.07, 6.45) is 0.101. The van der Waals surface area contributed by atoms with E-state index < -0.39 is 18.6 Å². The maximum Gasteiger partial charge on any atom is 0.407 e. The Morgan fingerprint density at radius 3 is 2.54 bits per heavy atom. The van der Waals surface area contributed by atoms with E-state index >= 15 is 0 Å². The number of ether oxygens (including phenoxy) is 1. The molecular formula is C8H15NO4. The molecule has 0 atom stereocenters. The van der Waals surface area contributed by atoms with Crippen molar-refractivity contribution in [3.8, 4) is 0 Å². The average Bonchev–Trinajstić information content (AvgIpc) is 2.00. The Kier molecular flexibility index (Phi) is 5.67. The molecule has 0 aromatic heterocycles. The van der Waals surface area contributed by atoms with Crippen LogP contribution >= 0.6 is 0 Å². The van der Waals surface area contributed by atoms with Crippen molar-refractivity contribution in [2.75, 3.05) is 13.2 Å². The Morgan fingerprint density at radius 1 is 1.46 bits per heavy atom. The SMILES string of the molecule is CC(C)CCOC(=O)NCC(=O)O. The van der Waals surface area contributed by atoms with Gasteiger partial charge in [0.2, 0.25) is 0 Å². The Labute approximate surface area is 77.1 Å². The summed E-state index contributed by atoms with van der Waals surface area (Å²) in [7, 11) is 0. The minimum absolute atomic E-state index is 0.323. The molecule has 0 saturated carbocycles. The van der Waals surface area contributed by atoms with E-state index in [2.05, 4.69) is 10.1 Å². The normalized spacial score (nSPS) is 9.77. The van der Waals surface area contributed by atoms with E-state index in [0.717, 1.165) is 6.42 Å². The van der Waals surface area contributed by atoms with Gasteiger partial charge in [0.25, 0.3) is 0 Å². The van der Waals surface area contributed by atoms with Crippen LogP contribution in [0.4, 0.5) is 4.79 Å². The van der Waals surface area contributed by atoms with Gasteiger partial charge >= 0.3 is 12.1 Å². The van der Waals surface area contributed by atoms with Crippen molar-refractivity contribution in [2.45, 2.75) is 20.3 Å². The topological polar surface area (TPSA) is 75.6 Å². The molecule has 5 nitrogen and oxygen atoms in total. The summed E-state index contributed by atoms with van der Waals surface area (Å²) >= 11 is 0. The molecule has 0 aliphatic carbocycles. The van der Waals surface area contributed by atoms with Crippen LogP contribution in [0.5, 0.6) is 0 Å². The molecule has 0 fully saturated rings. The van der Waals surface area contributed by atoms with Gasteiger partial charge in [-0.25, -0.2) is 4.79 Å². The molecule has 0 aromatic carbocycles. The molecule has 13 heavy (non-hydrogen) atoms. The lowest BCUT2D eigenvalue weighted by molar-refractivity contribution is -0.135. The van der Waals surface area contributed by atoms with Crippen molar-refractivity contribution in [3.63, 3.8) is 0 Å². The lowest BCUT2D eigenvalue weighted by atomic mass is 10.1. The van der Waals surface area contributed by atoms with Crippen LogP contribution in [0.3, 0.4) is 0 Å². The van der Waals surface area contributed by atoms with Crippen LogP contribution in [0.2, 0.25) is 0 Å². The number of amides is 1. The Morgan fingerprint density at radius 2 is 2.08 bits per heavy atom. The van der Waals surface area contributed by atoms with Gasteiger partial charge in [-0.2, -0.15) is 0 Å². The van der Waals surface area contributed by atoms with E-state index in [1.165, 1.54) is 0 Å². The molecule has 76 valence electrons. The monoisotopic (exact) mass is 189 g/mol. The highest BCUT2D eigenvalue weighted by atomic mass is 16.5. The van der Waals surface area contributed by atoms with Crippen molar-refractivity contribution in [1.82, 2.24) is 5.32 Å². The van der Waals surface area contributed by atoms with E-state index in [-0.39, 0.29) is 0 Å². The first kappa shape index (κ1) is 11.7. The summed E-state index contributed by atoms with van der Waals surface area (Å²) < 4.78 is 4.69. The van der Waals surface area contributed by atoms with Crippen molar-refractivity contribution >= 4 is 12.1 Å². The van der Waals surface area contributed by atoms with Gasteiger partial charge in [-0.15, -0.1) is 0 Å². The average molecular weight is 189 g/mol. The second kappa shape index (κ2) is 6.28. The summed E-state index contributed by atoms with van der Waals surface area (Å²) in [5, 5.41) is 10.3. The zero-order valence-electron chi connectivity index (χ0n) is 7.87. The third-order valence-electron chi connectivity index (χ3n) is 1.31. The number of nitrogens with one attached hydrogen (secondary N) is 1. The smallest absolute Gasteiger partial charge is 0.407 e. The zero-order valence-corrected chi connectivity index (χ0v) is 7.87. The fourth-order valence-corrected chi connectivity index (χ4v) is 0.586. The molecule has 0 spiro atoms. The summed E-state index contributed by atoms with van der Waals surface area (Å²) in [5.74, 6) is -0.618. The molecule has 0 bridgehead atoms. The van der Waals surface area contributed by atoms with Gasteiger partial charge in [0, 0.05) is 0 Å². The molecule has 0 unspecified atom stereocenters. The van der Waals surface area contributed by atoms with E-state index in [1.807, 2.05) is 13.8 Å². The number of hydrogen-bond acceptors (Lipinski definition) is 3. The Hall–Kier alpha value is -1.26. The second-order valence-corrected chi connectivity index (χ2v) is 3.07. The third-order valence-corrected chi connectivity index (χ3v) is 1.31. The molecule has 0 rings (SSSR count). The fraction of sp³-hybridized carbons (Fsp3) is 0.750. The first-order valence-electron chi connectivity index (χ1n) is 4.14. The number of carbonyl (C=O) groups is 2. The lowest BCUT2D eigenvalue weighted by Crippen LogP contribution is -2.30. The van der Waals surface area contributed by atoms with E-state index in [0.29, 0.717) is 12.5 Å². The number of rotatable bonds is 5. The van der Waals surface area contributed by atoms with Crippen LogP contribution in [-0.4, -0.2) is 30.3 Å². The van der Waals surface area contributed by atoms with Crippen molar-refractivity contribution in [1.29, 1.82) is 0 Å². The number of alkyl carbamates (subject to hydrolysis) is 1. The largest absolute Gasteiger partial charge is 0.480 e. The predicted octanol–water partition coefficient (Wildman–Crippen LogP) is 0.843. The molecule has 0 radical (unpaired) electrons. The first-order valence-corrected chi connectivity index (χ1v) is 4.14. The summed E-state index contributed by atoms with van der Waals surface area (Å²) in [6, 6.07) is 0. The molecule has 0 aliphatic rings. The van der Waals surface area contributed by atoms with Crippen LogP contribution in [-0.2, 0) is 9.53 Å². The molecule has 0 saturated heterocycles. The quantitative estimate of drug-likeness (QED) is 0.672. The van der Waals surface area contributed by atoms with Gasteiger partial charge in [-0.3, -0.25) is 4.79 Å². The van der Waals surface area contributed by atoms with Crippen molar-refractivity contribution in [3.05, 3.63) is 0 Å². The molecule has 1 amide bonds. The third kappa shape index (κ3) is 8.65. The summed E-state index contributed by atoms with van der Waals surface area (Å²) in [6.45, 7) is 3.95. The van der Waals surface area contributed by atoms with Crippen LogP contribution in [0.25, 0.3) is 0 Å². The van der Waals surface area contributed by atoms with Crippen LogP contribution < -0.4 is 5.32 Å². The number of hydrogen-bond donors (Lipinski definition) is 2. The van der Waals surface area contributed by atoms with Crippen molar-refractivity contribution < 1.29 is 19.4 Å². The Bertz CT molecular complexity index is 179. The maximum atomic E-state index is 10.7. The van der Waals surface area contributed by atoms with Gasteiger partial charge in [0.1, 0.15) is 6.54 Å².